The predicted octanol–water partition coefficient (Wildman–Crippen LogP) is -3.67. The van der Waals surface area contributed by atoms with Crippen molar-refractivity contribution in [1.29, 1.82) is 0 Å². The normalized spacial score (nSPS) is 17.4. The Morgan fingerprint density at radius 1 is 0.780 bits per heavy atom. The van der Waals surface area contributed by atoms with E-state index in [0.29, 0.717) is 12.4 Å². The van der Waals surface area contributed by atoms with Crippen LogP contribution in [0.5, 0.6) is 5.75 Å². The molecule has 13 nitrogen and oxygen atoms in total. The summed E-state index contributed by atoms with van der Waals surface area (Å²) >= 11 is 0. The zero-order valence-electron chi connectivity index (χ0n) is 23.3. The average Bonchev–Trinajstić information content (AvgIpc) is 2.87. The second kappa shape index (κ2) is 20.1. The summed E-state index contributed by atoms with van der Waals surface area (Å²) in [6.45, 7) is 2.95. The number of hydrogen-bond donors (Lipinski definition) is 1. The Kier molecular flexibility index (Phi) is 18.1. The van der Waals surface area contributed by atoms with Gasteiger partial charge in [-0.05, 0) is 30.5 Å². The van der Waals surface area contributed by atoms with Gasteiger partial charge in [-0.1, -0.05) is 25.5 Å². The van der Waals surface area contributed by atoms with Crippen LogP contribution in [0.1, 0.15) is 25.3 Å². The van der Waals surface area contributed by atoms with Crippen molar-refractivity contribution in [2.75, 3.05) is 78.6 Å². The molecule has 0 aliphatic carbocycles. The standard InChI is InChI=1S/C27H42N4O9.Gd/c1-2-3-16-40-22-6-4-21(5-7-22)17-23(27(38)39)31-14-12-29(19-25(34)35)10-8-28(18-24(32)33)9-11-30(13-15-31)20-26(36)37;/h4-7,23H,2-3,8-20H2,1H3,(H,32,33)(H,34,35)(H,36,37)(H,38,39);/q;+3/p-3. The Hall–Kier alpha value is -1.94. The van der Waals surface area contributed by atoms with Gasteiger partial charge in [0.05, 0.1) is 24.5 Å². The molecule has 0 amide bonds. The molecule has 14 heteroatoms. The number of carbonyl (C=O) groups excluding carboxylic acids is 3. The molecular formula is C27H39GdN4O9. The van der Waals surface area contributed by atoms with E-state index in [2.05, 4.69) is 6.92 Å². The predicted molar refractivity (Wildman–Crippen MR) is 138 cm³/mol. The van der Waals surface area contributed by atoms with Gasteiger partial charge >= 0.3 is 45.9 Å². The summed E-state index contributed by atoms with van der Waals surface area (Å²) in [5.74, 6) is -4.28. The van der Waals surface area contributed by atoms with Gasteiger partial charge in [0.15, 0.2) is 0 Å². The number of carboxylic acids is 4. The maximum Gasteiger partial charge on any atom is 3.00 e. The molecule has 41 heavy (non-hydrogen) atoms. The van der Waals surface area contributed by atoms with Gasteiger partial charge in [0.2, 0.25) is 0 Å². The number of benzene rings is 1. The first-order chi connectivity index (χ1) is 19.1. The summed E-state index contributed by atoms with van der Waals surface area (Å²) in [6, 6.07) is 6.25. The minimum Gasteiger partial charge on any atom is -0.549 e. The third kappa shape index (κ3) is 15.2. The van der Waals surface area contributed by atoms with Crippen molar-refractivity contribution in [3.8, 4) is 5.75 Å². The van der Waals surface area contributed by atoms with Crippen molar-refractivity contribution in [1.82, 2.24) is 19.6 Å². The summed E-state index contributed by atoms with van der Waals surface area (Å²) in [7, 11) is 0. The Bertz CT molecular complexity index is 935. The van der Waals surface area contributed by atoms with Gasteiger partial charge in [0.1, 0.15) is 11.8 Å². The van der Waals surface area contributed by atoms with Crippen LogP contribution in [0.2, 0.25) is 0 Å². The molecular weight excluding hydrogens is 682 g/mol. The fraction of sp³-hybridized carbons (Fsp3) is 0.630. The molecule has 0 spiro atoms. The van der Waals surface area contributed by atoms with Crippen LogP contribution in [0.4, 0.5) is 0 Å². The van der Waals surface area contributed by atoms with Crippen LogP contribution in [0.15, 0.2) is 24.3 Å². The van der Waals surface area contributed by atoms with Gasteiger partial charge in [-0.3, -0.25) is 24.4 Å². The Balaban J connectivity index is 0.00000840. The fourth-order valence-corrected chi connectivity index (χ4v) is 4.54. The molecule has 229 valence electrons. The van der Waals surface area contributed by atoms with E-state index < -0.39 is 49.6 Å². The second-order valence-electron chi connectivity index (χ2n) is 9.88. The number of hydrogen-bond acceptors (Lipinski definition) is 12. The first kappa shape index (κ1) is 37.1. The van der Waals surface area contributed by atoms with Crippen molar-refractivity contribution < 1.29 is 84.3 Å². The number of carbonyl (C=O) groups is 4. The Labute approximate surface area is 272 Å². The van der Waals surface area contributed by atoms with Crippen molar-refractivity contribution in [3.63, 3.8) is 0 Å². The van der Waals surface area contributed by atoms with E-state index in [0.717, 1.165) is 18.4 Å². The minimum atomic E-state index is -1.30. The van der Waals surface area contributed by atoms with Crippen LogP contribution < -0.4 is 20.1 Å². The number of aliphatic carboxylic acids is 4. The summed E-state index contributed by atoms with van der Waals surface area (Å²) in [5.41, 5.74) is 0.775. The molecule has 1 aliphatic heterocycles. The van der Waals surface area contributed by atoms with Crippen molar-refractivity contribution in [2.24, 2.45) is 0 Å². The van der Waals surface area contributed by atoms with Gasteiger partial charge in [-0.25, -0.2) is 0 Å². The molecule has 1 radical (unpaired) electrons. The van der Waals surface area contributed by atoms with Crippen LogP contribution in [-0.2, 0) is 25.6 Å². The number of ether oxygens (including phenoxy) is 1. The summed E-state index contributed by atoms with van der Waals surface area (Å²) in [4.78, 5) is 52.8. The van der Waals surface area contributed by atoms with E-state index >= 15 is 0 Å². The van der Waals surface area contributed by atoms with Crippen LogP contribution in [-0.4, -0.2) is 133 Å². The molecule has 1 aliphatic rings. The number of nitrogens with zero attached hydrogens (tertiary/aromatic N) is 4. The van der Waals surface area contributed by atoms with Crippen LogP contribution in [0, 0.1) is 39.9 Å². The molecule has 0 saturated carbocycles. The topological polar surface area (TPSA) is 180 Å². The van der Waals surface area contributed by atoms with Gasteiger partial charge < -0.3 is 39.5 Å². The third-order valence-electron chi connectivity index (χ3n) is 6.77. The molecule has 1 aromatic carbocycles. The molecule has 1 unspecified atom stereocenters. The first-order valence-electron chi connectivity index (χ1n) is 13.5. The summed E-state index contributed by atoms with van der Waals surface area (Å²) in [5, 5.41) is 44.1. The summed E-state index contributed by atoms with van der Waals surface area (Å²) < 4.78 is 5.68. The van der Waals surface area contributed by atoms with Crippen molar-refractivity contribution >= 4 is 23.9 Å². The number of unbranched alkanes of at least 4 members (excludes halogenated alkanes) is 1. The zero-order chi connectivity index (χ0) is 29.5. The monoisotopic (exact) mass is 721 g/mol. The summed E-state index contributed by atoms with van der Waals surface area (Å²) in [6.07, 6.45) is 2.11. The van der Waals surface area contributed by atoms with Crippen LogP contribution in [0.3, 0.4) is 0 Å². The minimum absolute atomic E-state index is 0. The van der Waals surface area contributed by atoms with Crippen LogP contribution in [0.25, 0.3) is 0 Å². The molecule has 1 N–H and O–H groups in total. The smallest absolute Gasteiger partial charge is 0.549 e. The van der Waals surface area contributed by atoms with E-state index in [9.17, 15) is 39.6 Å². The first-order valence-corrected chi connectivity index (χ1v) is 13.5. The number of rotatable bonds is 14. The Morgan fingerprint density at radius 3 is 1.56 bits per heavy atom. The third-order valence-corrected chi connectivity index (χ3v) is 6.77. The maximum atomic E-state index is 12.4. The fourth-order valence-electron chi connectivity index (χ4n) is 4.54. The van der Waals surface area contributed by atoms with Gasteiger partial charge in [-0.15, -0.1) is 0 Å². The molecule has 1 atom stereocenters. The van der Waals surface area contributed by atoms with E-state index in [-0.39, 0.29) is 98.7 Å². The SMILES string of the molecule is CCCCOc1ccc(CC(C(=O)O)N2CCN(CC(=O)[O-])CCN(CC(=O)[O-])CCN(CC(=O)[O-])CC2)cc1.[Gd+3]. The number of carboxylic acid groups (broad SMARTS) is 4. The Morgan fingerprint density at radius 2 is 1.20 bits per heavy atom. The molecule has 1 aromatic rings. The van der Waals surface area contributed by atoms with E-state index in [1.54, 1.807) is 31.7 Å². The quantitative estimate of drug-likeness (QED) is 0.186. The zero-order valence-corrected chi connectivity index (χ0v) is 25.6. The van der Waals surface area contributed by atoms with Gasteiger partial charge in [0, 0.05) is 72.0 Å². The van der Waals surface area contributed by atoms with E-state index in [1.807, 2.05) is 12.1 Å². The van der Waals surface area contributed by atoms with Crippen molar-refractivity contribution in [3.05, 3.63) is 29.8 Å². The maximum absolute atomic E-state index is 12.4. The second-order valence-corrected chi connectivity index (χ2v) is 9.88. The molecule has 2 rings (SSSR count). The molecule has 1 heterocycles. The van der Waals surface area contributed by atoms with E-state index in [1.165, 1.54) is 0 Å². The molecule has 1 fully saturated rings. The van der Waals surface area contributed by atoms with Crippen molar-refractivity contribution in [2.45, 2.75) is 32.2 Å². The van der Waals surface area contributed by atoms with Gasteiger partial charge in [-0.2, -0.15) is 0 Å². The van der Waals surface area contributed by atoms with Crippen LogP contribution >= 0.6 is 0 Å². The average molecular weight is 721 g/mol. The van der Waals surface area contributed by atoms with E-state index in [4.69, 9.17) is 4.74 Å². The van der Waals surface area contributed by atoms with Gasteiger partial charge in [0.25, 0.3) is 0 Å². The molecule has 0 bridgehead atoms. The molecule has 1 saturated heterocycles. The largest absolute Gasteiger partial charge is 3.00 e. The molecule has 0 aromatic heterocycles.